The van der Waals surface area contributed by atoms with Crippen LogP contribution in [0.1, 0.15) is 72.1 Å². The zero-order valence-electron chi connectivity index (χ0n) is 16.7. The average molecular weight is 359 g/mol. The lowest BCUT2D eigenvalue weighted by Crippen LogP contribution is -2.52. The van der Waals surface area contributed by atoms with Crippen LogP contribution in [0.15, 0.2) is 11.6 Å². The van der Waals surface area contributed by atoms with Gasteiger partial charge in [-0.05, 0) is 74.0 Å². The van der Waals surface area contributed by atoms with Gasteiger partial charge in [0.05, 0.1) is 13.2 Å². The molecule has 3 heteroatoms. The number of hydrogen-bond acceptors (Lipinski definition) is 3. The molecule has 4 unspecified atom stereocenters. The predicted octanol–water partition coefficient (Wildman–Crippen LogP) is 4.90. The van der Waals surface area contributed by atoms with Gasteiger partial charge in [-0.15, -0.1) is 0 Å². The molecule has 4 fully saturated rings. The Labute approximate surface area is 157 Å². The standard InChI is InChI=1S/C23H34O3/c1-15(24)18-6-7-19-17-5-4-16-14-23(25-12-13-26-23)11-10-21(16,2)20(17)8-9-22(18,19)3/h4,17-20H,5-14H2,1-3H3/t17?,18?,19?,20?,21-,22+/m0/s1. The number of fused-ring (bicyclic) bond motifs is 5. The van der Waals surface area contributed by atoms with Crippen LogP contribution in [0, 0.1) is 34.5 Å². The highest BCUT2D eigenvalue weighted by Crippen LogP contribution is 2.67. The van der Waals surface area contributed by atoms with E-state index in [0.29, 0.717) is 17.1 Å². The van der Waals surface area contributed by atoms with Gasteiger partial charge in [0.25, 0.3) is 0 Å². The molecule has 1 saturated heterocycles. The van der Waals surface area contributed by atoms with Crippen molar-refractivity contribution >= 4 is 5.78 Å². The summed E-state index contributed by atoms with van der Waals surface area (Å²) in [5.41, 5.74) is 2.18. The number of ether oxygens (including phenoxy) is 2. The molecule has 0 bridgehead atoms. The highest BCUT2D eigenvalue weighted by molar-refractivity contribution is 5.79. The first kappa shape index (κ1) is 17.4. The van der Waals surface area contributed by atoms with Gasteiger partial charge in [0.2, 0.25) is 0 Å². The first-order chi connectivity index (χ1) is 12.4. The number of Topliss-reactive ketones (excluding diaryl/α,β-unsaturated/α-hetero) is 1. The van der Waals surface area contributed by atoms with E-state index in [-0.39, 0.29) is 11.2 Å². The second kappa shape index (κ2) is 5.67. The van der Waals surface area contributed by atoms with Crippen LogP contribution in [0.2, 0.25) is 0 Å². The predicted molar refractivity (Wildman–Crippen MR) is 101 cm³/mol. The molecular weight excluding hydrogens is 324 g/mol. The maximum Gasteiger partial charge on any atom is 0.172 e. The number of ketones is 1. The number of rotatable bonds is 1. The van der Waals surface area contributed by atoms with Crippen LogP contribution >= 0.6 is 0 Å². The summed E-state index contributed by atoms with van der Waals surface area (Å²) < 4.78 is 12.1. The van der Waals surface area contributed by atoms with E-state index in [1.54, 1.807) is 5.57 Å². The minimum atomic E-state index is -0.311. The Bertz CT molecular complexity index is 646. The summed E-state index contributed by atoms with van der Waals surface area (Å²) in [7, 11) is 0. The number of carbonyl (C=O) groups excluding carboxylic acids is 1. The van der Waals surface area contributed by atoms with Crippen molar-refractivity contribution in [2.24, 2.45) is 34.5 Å². The second-order valence-corrected chi connectivity index (χ2v) is 10.3. The van der Waals surface area contributed by atoms with Gasteiger partial charge in [-0.2, -0.15) is 0 Å². The minimum absolute atomic E-state index is 0.252. The van der Waals surface area contributed by atoms with Crippen LogP contribution < -0.4 is 0 Å². The van der Waals surface area contributed by atoms with Crippen molar-refractivity contribution in [1.82, 2.24) is 0 Å². The summed E-state index contributed by atoms with van der Waals surface area (Å²) in [6.45, 7) is 8.29. The topological polar surface area (TPSA) is 35.5 Å². The molecule has 6 atom stereocenters. The highest BCUT2D eigenvalue weighted by atomic mass is 16.7. The first-order valence-electron chi connectivity index (χ1n) is 10.9. The van der Waals surface area contributed by atoms with E-state index in [9.17, 15) is 4.79 Å². The highest BCUT2D eigenvalue weighted by Gasteiger charge is 2.60. The van der Waals surface area contributed by atoms with Crippen molar-refractivity contribution in [2.45, 2.75) is 77.9 Å². The van der Waals surface area contributed by atoms with Crippen LogP contribution in [0.25, 0.3) is 0 Å². The summed E-state index contributed by atoms with van der Waals surface area (Å²) in [5, 5.41) is 0. The lowest BCUT2D eigenvalue weighted by molar-refractivity contribution is -0.185. The van der Waals surface area contributed by atoms with Crippen molar-refractivity contribution < 1.29 is 14.3 Å². The number of carbonyl (C=O) groups is 1. The monoisotopic (exact) mass is 358 g/mol. The van der Waals surface area contributed by atoms with Gasteiger partial charge in [-0.1, -0.05) is 25.5 Å². The molecule has 1 spiro atoms. The molecule has 1 aliphatic heterocycles. The summed E-state index contributed by atoms with van der Waals surface area (Å²) in [5.74, 6) is 2.72. The Kier molecular flexibility index (Phi) is 3.80. The van der Waals surface area contributed by atoms with Crippen molar-refractivity contribution in [3.63, 3.8) is 0 Å². The van der Waals surface area contributed by atoms with Gasteiger partial charge in [0.1, 0.15) is 5.78 Å². The molecule has 4 aliphatic carbocycles. The van der Waals surface area contributed by atoms with Gasteiger partial charge >= 0.3 is 0 Å². The zero-order chi connectivity index (χ0) is 18.2. The van der Waals surface area contributed by atoms with Crippen LogP contribution in [0.5, 0.6) is 0 Å². The lowest BCUT2D eigenvalue weighted by Gasteiger charge is -2.58. The maximum atomic E-state index is 12.3. The minimum Gasteiger partial charge on any atom is -0.347 e. The molecule has 0 aromatic heterocycles. The summed E-state index contributed by atoms with van der Waals surface area (Å²) in [6, 6.07) is 0. The van der Waals surface area contributed by atoms with Crippen LogP contribution in [0.3, 0.4) is 0 Å². The van der Waals surface area contributed by atoms with E-state index < -0.39 is 0 Å². The van der Waals surface area contributed by atoms with Crippen LogP contribution in [-0.4, -0.2) is 24.8 Å². The molecule has 5 aliphatic rings. The SMILES string of the molecule is CC(=O)C1CCC2C3CC=C4CC5(CC[C@]4(C)C3CC[C@]12C)OCCO5. The molecular formula is C23H34O3. The van der Waals surface area contributed by atoms with E-state index in [4.69, 9.17) is 9.47 Å². The Balaban J connectivity index is 1.44. The van der Waals surface area contributed by atoms with Gasteiger partial charge in [0.15, 0.2) is 5.79 Å². The Morgan fingerprint density at radius 3 is 2.54 bits per heavy atom. The fourth-order valence-corrected chi connectivity index (χ4v) is 8.02. The van der Waals surface area contributed by atoms with Gasteiger partial charge in [-0.25, -0.2) is 0 Å². The number of hydrogen-bond donors (Lipinski definition) is 0. The largest absolute Gasteiger partial charge is 0.347 e. The van der Waals surface area contributed by atoms with Gasteiger partial charge in [-0.3, -0.25) is 4.79 Å². The van der Waals surface area contributed by atoms with Crippen molar-refractivity contribution in [3.8, 4) is 0 Å². The summed E-state index contributed by atoms with van der Waals surface area (Å²) >= 11 is 0. The van der Waals surface area contributed by atoms with Crippen molar-refractivity contribution in [2.75, 3.05) is 13.2 Å². The molecule has 0 radical (unpaired) electrons. The number of allylic oxidation sites excluding steroid dienone is 1. The van der Waals surface area contributed by atoms with E-state index in [0.717, 1.165) is 50.2 Å². The Hall–Kier alpha value is -0.670. The maximum absolute atomic E-state index is 12.3. The third-order valence-corrected chi connectivity index (χ3v) is 9.41. The summed E-state index contributed by atoms with van der Waals surface area (Å²) in [6.07, 6.45) is 11.9. The molecule has 5 rings (SSSR count). The molecule has 144 valence electrons. The lowest BCUT2D eigenvalue weighted by atomic mass is 9.47. The Morgan fingerprint density at radius 2 is 1.81 bits per heavy atom. The first-order valence-corrected chi connectivity index (χ1v) is 10.9. The van der Waals surface area contributed by atoms with E-state index in [1.165, 1.54) is 32.1 Å². The van der Waals surface area contributed by atoms with E-state index in [2.05, 4.69) is 19.9 Å². The van der Waals surface area contributed by atoms with Gasteiger partial charge in [0, 0.05) is 18.8 Å². The molecule has 26 heavy (non-hydrogen) atoms. The second-order valence-electron chi connectivity index (χ2n) is 10.3. The van der Waals surface area contributed by atoms with E-state index in [1.807, 2.05) is 6.92 Å². The van der Waals surface area contributed by atoms with Crippen LogP contribution in [-0.2, 0) is 14.3 Å². The smallest absolute Gasteiger partial charge is 0.172 e. The third-order valence-electron chi connectivity index (χ3n) is 9.41. The molecule has 0 aromatic carbocycles. The van der Waals surface area contributed by atoms with Crippen LogP contribution in [0.4, 0.5) is 0 Å². The quantitative estimate of drug-likeness (QED) is 0.626. The third kappa shape index (κ3) is 2.22. The van der Waals surface area contributed by atoms with Crippen molar-refractivity contribution in [1.29, 1.82) is 0 Å². The summed E-state index contributed by atoms with van der Waals surface area (Å²) in [4.78, 5) is 12.3. The molecule has 3 nitrogen and oxygen atoms in total. The average Bonchev–Trinajstić information content (AvgIpc) is 3.20. The van der Waals surface area contributed by atoms with Gasteiger partial charge < -0.3 is 9.47 Å². The van der Waals surface area contributed by atoms with Crippen molar-refractivity contribution in [3.05, 3.63) is 11.6 Å². The molecule has 0 aromatic rings. The Morgan fingerprint density at radius 1 is 1.04 bits per heavy atom. The normalized spacial score (nSPS) is 49.3. The molecule has 0 N–H and O–H groups in total. The van der Waals surface area contributed by atoms with E-state index >= 15 is 0 Å². The molecule has 1 heterocycles. The molecule has 0 amide bonds. The fourth-order valence-electron chi connectivity index (χ4n) is 8.02. The molecule has 3 saturated carbocycles. The fraction of sp³-hybridized carbons (Fsp3) is 0.870. The zero-order valence-corrected chi connectivity index (χ0v) is 16.7.